The van der Waals surface area contributed by atoms with E-state index in [0.29, 0.717) is 23.4 Å². The van der Waals surface area contributed by atoms with Gasteiger partial charge in [-0.1, -0.05) is 0 Å². The Labute approximate surface area is 290 Å². The largest absolute Gasteiger partial charge is 0.508 e. The molecule has 5 rings (SSSR count). The zero-order valence-electron chi connectivity index (χ0n) is 27.1. The van der Waals surface area contributed by atoms with E-state index in [1.54, 1.807) is 19.0 Å². The van der Waals surface area contributed by atoms with Gasteiger partial charge < -0.3 is 41.7 Å². The fraction of sp³-hybridized carbons (Fsp3) is 0.375. The molecule has 2 aromatic carbocycles. The summed E-state index contributed by atoms with van der Waals surface area (Å²) < 4.78 is 80.4. The fourth-order valence-corrected chi connectivity index (χ4v) is 7.33. The summed E-state index contributed by atoms with van der Waals surface area (Å²) in [5, 5.41) is 50.0. The fourth-order valence-electron chi connectivity index (χ4n) is 7.10. The number of aliphatic hydroxyl groups excluding tert-OH is 2. The van der Waals surface area contributed by atoms with Gasteiger partial charge >= 0.3 is 12.4 Å². The summed E-state index contributed by atoms with van der Waals surface area (Å²) >= 11 is 5.15. The first-order chi connectivity index (χ1) is 23.4. The van der Waals surface area contributed by atoms with E-state index in [9.17, 15) is 61.2 Å². The number of benzene rings is 2. The molecular formula is C32H31F6N5O7S. The van der Waals surface area contributed by atoms with Crippen LogP contribution >= 0.6 is 12.2 Å². The number of rotatable bonds is 5. The highest BCUT2D eigenvalue weighted by Gasteiger charge is 2.64. The van der Waals surface area contributed by atoms with Gasteiger partial charge in [-0.15, -0.1) is 0 Å². The van der Waals surface area contributed by atoms with Crippen LogP contribution < -0.4 is 21.3 Å². The van der Waals surface area contributed by atoms with Crippen LogP contribution in [-0.4, -0.2) is 87.7 Å². The van der Waals surface area contributed by atoms with Gasteiger partial charge in [0.15, 0.2) is 16.5 Å². The summed E-state index contributed by atoms with van der Waals surface area (Å²) in [5.41, 5.74) is -2.87. The number of aliphatic hydroxyl groups is 3. The summed E-state index contributed by atoms with van der Waals surface area (Å²) in [6.07, 6.45) is -10.5. The number of hydrogen-bond donors (Lipinski definition) is 7. The van der Waals surface area contributed by atoms with Crippen molar-refractivity contribution in [2.24, 2.45) is 17.6 Å². The minimum atomic E-state index is -5.13. The minimum absolute atomic E-state index is 0.0525. The van der Waals surface area contributed by atoms with E-state index in [0.717, 1.165) is 0 Å². The first-order valence-corrected chi connectivity index (χ1v) is 15.4. The molecule has 2 aromatic rings. The molecule has 51 heavy (non-hydrogen) atoms. The van der Waals surface area contributed by atoms with E-state index in [-0.39, 0.29) is 30.2 Å². The molecule has 3 aliphatic rings. The second kappa shape index (κ2) is 12.4. The molecule has 8 N–H and O–H groups in total. The SMILES string of the molecule is CN(C)c1cc(NC(=S)Nc2cc(C(F)(F)F)cc(C(F)(F)F)c2)c(O)c2c1C[C@@H]1C[C@@H]3[C@@H](N(C)C)C(=O)C(C(N)=O)=C(O)[C@]3(O)C(=O)C1=C2O. The Morgan fingerprint density at radius 2 is 1.53 bits per heavy atom. The van der Waals surface area contributed by atoms with Gasteiger partial charge in [-0.25, -0.2) is 0 Å². The lowest BCUT2D eigenvalue weighted by molar-refractivity contribution is -0.153. The molecule has 1 amide bonds. The molecule has 0 bridgehead atoms. The number of aromatic hydroxyl groups is 1. The molecule has 1 fully saturated rings. The normalized spacial score (nSPS) is 23.5. The predicted octanol–water partition coefficient (Wildman–Crippen LogP) is 3.88. The van der Waals surface area contributed by atoms with E-state index >= 15 is 0 Å². The Bertz CT molecular complexity index is 1930. The predicted molar refractivity (Wildman–Crippen MR) is 175 cm³/mol. The zero-order valence-corrected chi connectivity index (χ0v) is 27.9. The van der Waals surface area contributed by atoms with Gasteiger partial charge in [-0.3, -0.25) is 19.3 Å². The maximum atomic E-state index is 14.1. The molecule has 274 valence electrons. The highest BCUT2D eigenvalue weighted by molar-refractivity contribution is 7.80. The van der Waals surface area contributed by atoms with Gasteiger partial charge in [0.05, 0.1) is 28.4 Å². The number of halogens is 6. The van der Waals surface area contributed by atoms with Crippen LogP contribution in [0.5, 0.6) is 5.75 Å². The monoisotopic (exact) mass is 743 g/mol. The van der Waals surface area contributed by atoms with Crippen molar-refractivity contribution in [2.75, 3.05) is 43.7 Å². The molecule has 1 saturated carbocycles. The molecule has 12 nitrogen and oxygen atoms in total. The second-order valence-electron chi connectivity index (χ2n) is 12.9. The van der Waals surface area contributed by atoms with Crippen LogP contribution in [0.1, 0.15) is 28.7 Å². The number of thiocarbonyl (C=S) groups is 1. The smallest absolute Gasteiger partial charge is 0.416 e. The van der Waals surface area contributed by atoms with Crippen LogP contribution in [0.25, 0.3) is 5.76 Å². The third-order valence-electron chi connectivity index (χ3n) is 9.27. The highest BCUT2D eigenvalue weighted by Crippen LogP contribution is 2.54. The number of alkyl halides is 6. The first kappa shape index (κ1) is 37.4. The van der Waals surface area contributed by atoms with Gasteiger partial charge in [-0.05, 0) is 74.9 Å². The maximum absolute atomic E-state index is 14.1. The van der Waals surface area contributed by atoms with Crippen molar-refractivity contribution < 1.29 is 61.2 Å². The number of carbonyl (C=O) groups excluding carboxylic acids is 3. The summed E-state index contributed by atoms with van der Waals surface area (Å²) in [6, 6.07) is 0.795. The Morgan fingerprint density at radius 3 is 2.02 bits per heavy atom. The molecule has 0 heterocycles. The molecule has 0 aromatic heterocycles. The number of anilines is 3. The number of nitrogens with zero attached hydrogens (tertiary/aromatic N) is 2. The van der Waals surface area contributed by atoms with Crippen molar-refractivity contribution in [3.63, 3.8) is 0 Å². The maximum Gasteiger partial charge on any atom is 0.416 e. The average molecular weight is 744 g/mol. The minimum Gasteiger partial charge on any atom is -0.508 e. The highest BCUT2D eigenvalue weighted by atomic mass is 32.1. The number of phenols is 1. The van der Waals surface area contributed by atoms with E-state index in [1.807, 2.05) is 0 Å². The Hall–Kier alpha value is -4.88. The average Bonchev–Trinajstić information content (AvgIpc) is 2.98. The third-order valence-corrected chi connectivity index (χ3v) is 9.48. The molecule has 4 atom stereocenters. The standard InChI is InChI=1S/C32H31F6N5O7S/c1-42(2)18-10-17(41-29(51)40-14-8-12(31(33,34)35)7-13(9-14)32(36,37)38)23(44)20-15(18)5-11-6-16-22(43(3)4)25(46)21(28(39)49)27(48)30(16,50)26(47)19(11)24(20)45/h7-11,16,22,44-45,48,50H,5-6H2,1-4H3,(H2,39,49)(H2,40,41,51)/t11-,16-,22-,30-/m1/s1. The molecule has 0 aliphatic heterocycles. The van der Waals surface area contributed by atoms with Gasteiger partial charge in [0.2, 0.25) is 5.78 Å². The summed E-state index contributed by atoms with van der Waals surface area (Å²) in [5.74, 6) is -8.59. The summed E-state index contributed by atoms with van der Waals surface area (Å²) in [6.45, 7) is 0. The van der Waals surface area contributed by atoms with E-state index in [1.165, 1.54) is 25.1 Å². The van der Waals surface area contributed by atoms with Crippen molar-refractivity contribution in [1.29, 1.82) is 0 Å². The number of ketones is 2. The number of nitrogens with one attached hydrogen (secondary N) is 2. The number of carbonyl (C=O) groups is 3. The third kappa shape index (κ3) is 6.12. The Kier molecular flexibility index (Phi) is 9.10. The van der Waals surface area contributed by atoms with Gasteiger partial charge in [-0.2, -0.15) is 26.3 Å². The number of likely N-dealkylation sites (N-methyl/N-ethyl adjacent to an activating group) is 1. The zero-order chi connectivity index (χ0) is 38.3. The molecule has 0 unspecified atom stereocenters. The van der Waals surface area contributed by atoms with Crippen LogP contribution in [-0.2, 0) is 33.2 Å². The number of fused-ring (bicyclic) bond motifs is 3. The van der Waals surface area contributed by atoms with E-state index in [4.69, 9.17) is 18.0 Å². The lowest BCUT2D eigenvalue weighted by Crippen LogP contribution is -2.65. The molecular weight excluding hydrogens is 712 g/mol. The number of nitrogens with two attached hydrogens (primary N) is 1. The van der Waals surface area contributed by atoms with Crippen LogP contribution in [0.2, 0.25) is 0 Å². The first-order valence-electron chi connectivity index (χ1n) is 15.0. The quantitative estimate of drug-likeness (QED) is 0.102. The van der Waals surface area contributed by atoms with Crippen molar-refractivity contribution in [2.45, 2.75) is 36.8 Å². The molecule has 0 spiro atoms. The number of Topliss-reactive ketones (excluding diaryl/α,β-unsaturated/α-hetero) is 2. The van der Waals surface area contributed by atoms with E-state index < -0.39 is 104 Å². The molecule has 0 saturated heterocycles. The van der Waals surface area contributed by atoms with Crippen molar-refractivity contribution in [3.05, 3.63) is 63.4 Å². The van der Waals surface area contributed by atoms with Crippen molar-refractivity contribution in [1.82, 2.24) is 4.90 Å². The number of amides is 1. The Balaban J connectivity index is 1.60. The number of hydrogen-bond acceptors (Lipinski definition) is 10. The van der Waals surface area contributed by atoms with Crippen LogP contribution in [0, 0.1) is 11.8 Å². The summed E-state index contributed by atoms with van der Waals surface area (Å²) in [4.78, 5) is 42.6. The lowest BCUT2D eigenvalue weighted by Gasteiger charge is -2.50. The topological polar surface area (TPSA) is 189 Å². The number of phenolic OH excluding ortho intramolecular Hbond substituents is 1. The Morgan fingerprint density at radius 1 is 0.961 bits per heavy atom. The van der Waals surface area contributed by atoms with Crippen molar-refractivity contribution >= 4 is 57.6 Å². The molecule has 3 aliphatic carbocycles. The van der Waals surface area contributed by atoms with Gasteiger partial charge in [0.1, 0.15) is 22.8 Å². The molecule has 0 radical (unpaired) electrons. The molecule has 19 heteroatoms. The lowest BCUT2D eigenvalue weighted by atomic mass is 9.57. The number of primary amides is 1. The van der Waals surface area contributed by atoms with Crippen LogP contribution in [0.4, 0.5) is 43.4 Å². The van der Waals surface area contributed by atoms with Gasteiger partial charge in [0.25, 0.3) is 5.91 Å². The van der Waals surface area contributed by atoms with Crippen molar-refractivity contribution in [3.8, 4) is 5.75 Å². The van der Waals surface area contributed by atoms with Crippen LogP contribution in [0.3, 0.4) is 0 Å². The summed E-state index contributed by atoms with van der Waals surface area (Å²) in [7, 11) is 6.11. The second-order valence-corrected chi connectivity index (χ2v) is 13.3. The van der Waals surface area contributed by atoms with Crippen LogP contribution in [0.15, 0.2) is 41.2 Å². The van der Waals surface area contributed by atoms with E-state index in [2.05, 4.69) is 10.6 Å². The van der Waals surface area contributed by atoms with Gasteiger partial charge in [0, 0.05) is 37.0 Å².